The molecule has 2 amide bonds. The Bertz CT molecular complexity index is 1150. The zero-order chi connectivity index (χ0) is 26.1. The molecule has 2 aromatic carbocycles. The summed E-state index contributed by atoms with van der Waals surface area (Å²) in [5, 5.41) is 3.09. The number of benzene rings is 2. The Morgan fingerprint density at radius 3 is 2.45 bits per heavy atom. The number of carbonyl (C=O) groups excluding carboxylic acids is 1. The van der Waals surface area contributed by atoms with Crippen LogP contribution in [0.15, 0.2) is 36.4 Å². The molecule has 0 aliphatic carbocycles. The summed E-state index contributed by atoms with van der Waals surface area (Å²) in [7, 11) is 0. The minimum Gasteiger partial charge on any atom is -0.486 e. The Balaban J connectivity index is 1.15. The lowest BCUT2D eigenvalue weighted by Gasteiger charge is -2.41. The molecule has 2 aromatic rings. The highest BCUT2D eigenvalue weighted by Crippen LogP contribution is 2.37. The lowest BCUT2D eigenvalue weighted by atomic mass is 9.80. The van der Waals surface area contributed by atoms with Crippen LogP contribution in [0.2, 0.25) is 0 Å². The van der Waals surface area contributed by atoms with Crippen molar-refractivity contribution in [1.82, 2.24) is 9.80 Å². The summed E-state index contributed by atoms with van der Waals surface area (Å²) in [5.41, 5.74) is 4.59. The van der Waals surface area contributed by atoms with Crippen molar-refractivity contribution in [3.63, 3.8) is 0 Å². The molecule has 0 unspecified atom stereocenters. The molecule has 0 spiro atoms. The molecule has 0 bridgehead atoms. The number of urea groups is 1. The summed E-state index contributed by atoms with van der Waals surface area (Å²) in [6.07, 6.45) is 3.29. The largest absolute Gasteiger partial charge is 0.486 e. The van der Waals surface area contributed by atoms with E-state index in [0.717, 1.165) is 57.3 Å². The van der Waals surface area contributed by atoms with Crippen LogP contribution < -0.4 is 19.7 Å². The van der Waals surface area contributed by atoms with E-state index in [9.17, 15) is 4.79 Å². The van der Waals surface area contributed by atoms with E-state index in [4.69, 9.17) is 14.2 Å². The number of morpholine rings is 1. The van der Waals surface area contributed by atoms with Gasteiger partial charge >= 0.3 is 6.03 Å². The average Bonchev–Trinajstić information content (AvgIpc) is 3.09. The minimum absolute atomic E-state index is 0.00319. The van der Waals surface area contributed by atoms with Gasteiger partial charge < -0.3 is 29.3 Å². The third-order valence-corrected chi connectivity index (χ3v) is 8.66. The first kappa shape index (κ1) is 25.3. The first-order valence-electron chi connectivity index (χ1n) is 14.1. The molecule has 38 heavy (non-hydrogen) atoms. The van der Waals surface area contributed by atoms with Crippen LogP contribution in [0.4, 0.5) is 16.2 Å². The Labute approximate surface area is 225 Å². The third-order valence-electron chi connectivity index (χ3n) is 8.66. The maximum atomic E-state index is 13.4. The number of fused-ring (bicyclic) bond motifs is 2. The minimum atomic E-state index is -0.0814. The number of hydrogen-bond acceptors (Lipinski definition) is 6. The summed E-state index contributed by atoms with van der Waals surface area (Å²) in [5.74, 6) is 1.40. The molecule has 0 aromatic heterocycles. The Morgan fingerprint density at radius 1 is 0.895 bits per heavy atom. The molecule has 4 heterocycles. The quantitative estimate of drug-likeness (QED) is 0.644. The molecular weight excluding hydrogens is 480 g/mol. The van der Waals surface area contributed by atoms with E-state index in [0.29, 0.717) is 38.1 Å². The van der Waals surface area contributed by atoms with E-state index in [1.807, 2.05) is 23.1 Å². The van der Waals surface area contributed by atoms with Crippen LogP contribution in [-0.2, 0) is 16.7 Å². The van der Waals surface area contributed by atoms with Gasteiger partial charge in [-0.25, -0.2) is 4.79 Å². The van der Waals surface area contributed by atoms with Gasteiger partial charge in [-0.3, -0.25) is 4.90 Å². The van der Waals surface area contributed by atoms with Crippen molar-refractivity contribution < 1.29 is 19.0 Å². The van der Waals surface area contributed by atoms with Crippen molar-refractivity contribution in [2.24, 2.45) is 0 Å². The second-order valence-electron chi connectivity index (χ2n) is 11.6. The molecule has 8 heteroatoms. The lowest BCUT2D eigenvalue weighted by molar-refractivity contribution is 0.0115. The topological polar surface area (TPSA) is 66.5 Å². The smallest absolute Gasteiger partial charge is 0.322 e. The van der Waals surface area contributed by atoms with Crippen molar-refractivity contribution in [3.8, 4) is 11.5 Å². The molecule has 8 nitrogen and oxygen atoms in total. The van der Waals surface area contributed by atoms with E-state index in [1.54, 1.807) is 0 Å². The molecule has 0 atom stereocenters. The van der Waals surface area contributed by atoms with E-state index < -0.39 is 0 Å². The summed E-state index contributed by atoms with van der Waals surface area (Å²) in [4.78, 5) is 20.5. The first-order valence-corrected chi connectivity index (χ1v) is 14.1. The number of anilines is 2. The van der Waals surface area contributed by atoms with Gasteiger partial charge in [-0.05, 0) is 60.1 Å². The average molecular weight is 521 g/mol. The van der Waals surface area contributed by atoms with Gasteiger partial charge in [0.05, 0.1) is 13.2 Å². The molecule has 1 N–H and O–H groups in total. The number of nitrogens with one attached hydrogen (secondary N) is 1. The van der Waals surface area contributed by atoms with Gasteiger partial charge in [0.25, 0.3) is 0 Å². The van der Waals surface area contributed by atoms with Gasteiger partial charge in [-0.1, -0.05) is 19.9 Å². The SMILES string of the molecule is CC1(C)CCN(C(=O)Nc2ccc3c(c2)OCCO3)Cc2cc(N3CCC(N4CCOCC4)CC3)ccc21. The molecular formula is C30H40N4O4. The summed E-state index contributed by atoms with van der Waals surface area (Å²) in [6.45, 7) is 12.9. The maximum Gasteiger partial charge on any atom is 0.322 e. The second kappa shape index (κ2) is 10.7. The highest BCUT2D eigenvalue weighted by molar-refractivity contribution is 5.90. The van der Waals surface area contributed by atoms with Gasteiger partial charge in [0, 0.05) is 62.8 Å². The van der Waals surface area contributed by atoms with Crippen LogP contribution in [0.3, 0.4) is 0 Å². The number of ether oxygens (including phenoxy) is 3. The third kappa shape index (κ3) is 5.29. The zero-order valence-electron chi connectivity index (χ0n) is 22.7. The van der Waals surface area contributed by atoms with Crippen LogP contribution in [0.1, 0.15) is 44.2 Å². The van der Waals surface area contributed by atoms with Gasteiger partial charge in [-0.2, -0.15) is 0 Å². The summed E-state index contributed by atoms with van der Waals surface area (Å²) < 4.78 is 16.9. The van der Waals surface area contributed by atoms with Crippen molar-refractivity contribution in [2.75, 3.05) is 69.4 Å². The van der Waals surface area contributed by atoms with Gasteiger partial charge in [0.15, 0.2) is 11.5 Å². The Kier molecular flexibility index (Phi) is 7.10. The molecule has 2 saturated heterocycles. The fourth-order valence-electron chi connectivity index (χ4n) is 6.33. The molecule has 204 valence electrons. The van der Waals surface area contributed by atoms with Crippen molar-refractivity contribution in [2.45, 2.75) is 51.1 Å². The Morgan fingerprint density at radius 2 is 1.66 bits per heavy atom. The predicted molar refractivity (Wildman–Crippen MR) is 149 cm³/mol. The van der Waals surface area contributed by atoms with Gasteiger partial charge in [0.2, 0.25) is 0 Å². The number of rotatable bonds is 3. The standard InChI is InChI=1S/C30H40N4O4/c1-30(2)9-12-34(29(35)31-23-3-6-27-28(20-23)38-18-17-37-27)21-22-19-25(4-5-26(22)30)32-10-7-24(8-11-32)33-13-15-36-16-14-33/h3-6,19-20,24H,7-18,21H2,1-2H3,(H,31,35). The Hall–Kier alpha value is -2.97. The van der Waals surface area contributed by atoms with Gasteiger partial charge in [-0.15, -0.1) is 0 Å². The maximum absolute atomic E-state index is 13.4. The van der Waals surface area contributed by atoms with E-state index >= 15 is 0 Å². The van der Waals surface area contributed by atoms with Crippen LogP contribution in [0.5, 0.6) is 11.5 Å². The number of carbonyl (C=O) groups is 1. The van der Waals surface area contributed by atoms with Gasteiger partial charge in [0.1, 0.15) is 13.2 Å². The molecule has 0 radical (unpaired) electrons. The molecule has 6 rings (SSSR count). The highest BCUT2D eigenvalue weighted by Gasteiger charge is 2.32. The van der Waals surface area contributed by atoms with Crippen LogP contribution in [-0.4, -0.2) is 81.0 Å². The molecule has 2 fully saturated rings. The first-order chi connectivity index (χ1) is 18.5. The van der Waals surface area contributed by atoms with E-state index in [2.05, 4.69) is 47.2 Å². The van der Waals surface area contributed by atoms with Crippen LogP contribution >= 0.6 is 0 Å². The summed E-state index contributed by atoms with van der Waals surface area (Å²) >= 11 is 0. The number of piperidine rings is 1. The predicted octanol–water partition coefficient (Wildman–Crippen LogP) is 4.47. The fourth-order valence-corrected chi connectivity index (χ4v) is 6.33. The molecule has 0 saturated carbocycles. The summed E-state index contributed by atoms with van der Waals surface area (Å²) in [6, 6.07) is 13.1. The van der Waals surface area contributed by atoms with Crippen molar-refractivity contribution in [1.29, 1.82) is 0 Å². The van der Waals surface area contributed by atoms with E-state index in [-0.39, 0.29) is 11.4 Å². The van der Waals surface area contributed by atoms with E-state index in [1.165, 1.54) is 29.7 Å². The monoisotopic (exact) mass is 520 g/mol. The normalized spacial score (nSPS) is 21.9. The second-order valence-corrected chi connectivity index (χ2v) is 11.6. The van der Waals surface area contributed by atoms with Crippen LogP contribution in [0.25, 0.3) is 0 Å². The van der Waals surface area contributed by atoms with Crippen molar-refractivity contribution in [3.05, 3.63) is 47.5 Å². The molecule has 4 aliphatic rings. The van der Waals surface area contributed by atoms with Crippen molar-refractivity contribution >= 4 is 17.4 Å². The number of nitrogens with zero attached hydrogens (tertiary/aromatic N) is 3. The fraction of sp³-hybridized carbons (Fsp3) is 0.567. The number of hydrogen-bond donors (Lipinski definition) is 1. The lowest BCUT2D eigenvalue weighted by Crippen LogP contribution is -2.49. The molecule has 4 aliphatic heterocycles. The number of amides is 2. The zero-order valence-corrected chi connectivity index (χ0v) is 22.7. The van der Waals surface area contributed by atoms with Crippen LogP contribution in [0, 0.1) is 0 Å². The highest BCUT2D eigenvalue weighted by atomic mass is 16.6.